The Balaban J connectivity index is 1.75. The SMILES string of the molecule is CCn1c(=O)sc2cc(NC(=O)CN(Cc3ccc(C)cc3)S(C)(=O)=O)ccc21. The third-order valence-corrected chi connectivity index (χ3v) is 6.67. The molecule has 0 aliphatic carbocycles. The first kappa shape index (κ1) is 21.2. The summed E-state index contributed by atoms with van der Waals surface area (Å²) >= 11 is 1.12. The first-order chi connectivity index (χ1) is 13.7. The van der Waals surface area contributed by atoms with Gasteiger partial charge in [-0.05, 0) is 37.6 Å². The van der Waals surface area contributed by atoms with Crippen LogP contribution in [0.3, 0.4) is 0 Å². The second-order valence-electron chi connectivity index (χ2n) is 6.86. The molecule has 0 saturated heterocycles. The standard InChI is InChI=1S/C20H23N3O4S2/c1-4-23-17-10-9-16(11-18(17)28-20(23)25)21-19(24)13-22(29(3,26)27)12-15-7-5-14(2)6-8-15/h5-11H,4,12-13H2,1-3H3,(H,21,24). The van der Waals surface area contributed by atoms with Crippen molar-refractivity contribution < 1.29 is 13.2 Å². The molecule has 0 unspecified atom stereocenters. The van der Waals surface area contributed by atoms with Gasteiger partial charge in [-0.25, -0.2) is 8.42 Å². The number of carbonyl (C=O) groups excluding carboxylic acids is 1. The molecule has 0 fully saturated rings. The summed E-state index contributed by atoms with van der Waals surface area (Å²) in [4.78, 5) is 24.4. The predicted molar refractivity (Wildman–Crippen MR) is 117 cm³/mol. The van der Waals surface area contributed by atoms with E-state index in [-0.39, 0.29) is 18.0 Å². The van der Waals surface area contributed by atoms with Gasteiger partial charge in [0, 0.05) is 18.8 Å². The summed E-state index contributed by atoms with van der Waals surface area (Å²) in [7, 11) is -3.57. The number of hydrogen-bond donors (Lipinski definition) is 1. The number of aromatic nitrogens is 1. The Morgan fingerprint density at radius 2 is 1.86 bits per heavy atom. The van der Waals surface area contributed by atoms with E-state index in [0.29, 0.717) is 12.2 Å². The number of aryl methyl sites for hydroxylation is 2. The van der Waals surface area contributed by atoms with Crippen molar-refractivity contribution in [1.82, 2.24) is 8.87 Å². The van der Waals surface area contributed by atoms with Crippen molar-refractivity contribution in [3.8, 4) is 0 Å². The van der Waals surface area contributed by atoms with Crippen LogP contribution in [0.5, 0.6) is 0 Å². The molecular formula is C20H23N3O4S2. The van der Waals surface area contributed by atoms with Crippen LogP contribution in [0.4, 0.5) is 5.69 Å². The van der Waals surface area contributed by atoms with Crippen LogP contribution >= 0.6 is 11.3 Å². The zero-order valence-electron chi connectivity index (χ0n) is 16.5. The summed E-state index contributed by atoms with van der Waals surface area (Å²) < 4.78 is 27.9. The van der Waals surface area contributed by atoms with E-state index in [2.05, 4.69) is 5.32 Å². The van der Waals surface area contributed by atoms with Gasteiger partial charge in [0.15, 0.2) is 0 Å². The van der Waals surface area contributed by atoms with Crippen LogP contribution in [0.2, 0.25) is 0 Å². The average molecular weight is 434 g/mol. The number of thiazole rings is 1. The summed E-state index contributed by atoms with van der Waals surface area (Å²) in [6.07, 6.45) is 1.09. The van der Waals surface area contributed by atoms with Crippen LogP contribution in [-0.2, 0) is 27.9 Å². The van der Waals surface area contributed by atoms with Crippen LogP contribution < -0.4 is 10.2 Å². The number of hydrogen-bond acceptors (Lipinski definition) is 5. The van der Waals surface area contributed by atoms with Crippen LogP contribution in [0.15, 0.2) is 47.3 Å². The minimum absolute atomic E-state index is 0.0488. The van der Waals surface area contributed by atoms with Gasteiger partial charge < -0.3 is 5.32 Å². The highest BCUT2D eigenvalue weighted by Gasteiger charge is 2.21. The van der Waals surface area contributed by atoms with Gasteiger partial charge in [-0.3, -0.25) is 14.2 Å². The number of benzene rings is 2. The van der Waals surface area contributed by atoms with Crippen molar-refractivity contribution in [3.05, 3.63) is 63.3 Å². The molecule has 3 rings (SSSR count). The van der Waals surface area contributed by atoms with Gasteiger partial charge in [0.1, 0.15) is 0 Å². The highest BCUT2D eigenvalue weighted by molar-refractivity contribution is 7.88. The molecule has 0 aliphatic heterocycles. The molecule has 29 heavy (non-hydrogen) atoms. The summed E-state index contributed by atoms with van der Waals surface area (Å²) in [5.41, 5.74) is 3.22. The first-order valence-electron chi connectivity index (χ1n) is 9.11. The van der Waals surface area contributed by atoms with Gasteiger partial charge in [0.25, 0.3) is 0 Å². The summed E-state index contributed by atoms with van der Waals surface area (Å²) in [5.74, 6) is -0.441. The van der Waals surface area contributed by atoms with Crippen molar-refractivity contribution in [3.63, 3.8) is 0 Å². The number of sulfonamides is 1. The maximum Gasteiger partial charge on any atom is 0.308 e. The van der Waals surface area contributed by atoms with Crippen LogP contribution in [0, 0.1) is 6.92 Å². The molecule has 0 spiro atoms. The van der Waals surface area contributed by atoms with Gasteiger partial charge in [-0.15, -0.1) is 0 Å². The third kappa shape index (κ3) is 5.11. The van der Waals surface area contributed by atoms with E-state index in [0.717, 1.165) is 43.2 Å². The fourth-order valence-corrected chi connectivity index (χ4v) is 4.72. The number of fused-ring (bicyclic) bond motifs is 1. The quantitative estimate of drug-likeness (QED) is 0.621. The zero-order valence-corrected chi connectivity index (χ0v) is 18.1. The number of carbonyl (C=O) groups is 1. The maximum absolute atomic E-state index is 12.5. The molecule has 9 heteroatoms. The summed E-state index contributed by atoms with van der Waals surface area (Å²) in [6.45, 7) is 4.25. The molecule has 0 bridgehead atoms. The first-order valence-corrected chi connectivity index (χ1v) is 11.8. The number of amides is 1. The third-order valence-electron chi connectivity index (χ3n) is 4.54. The van der Waals surface area contributed by atoms with E-state index >= 15 is 0 Å². The Bertz CT molecular complexity index is 1190. The van der Waals surface area contributed by atoms with Gasteiger partial charge >= 0.3 is 4.87 Å². The fourth-order valence-electron chi connectivity index (χ4n) is 2.99. The molecule has 1 N–H and O–H groups in total. The molecule has 0 radical (unpaired) electrons. The fraction of sp³-hybridized carbons (Fsp3) is 0.300. The minimum atomic E-state index is -3.57. The van der Waals surface area contributed by atoms with Gasteiger partial charge in [0.2, 0.25) is 15.9 Å². The smallest absolute Gasteiger partial charge is 0.308 e. The van der Waals surface area contributed by atoms with Crippen molar-refractivity contribution in [2.45, 2.75) is 26.9 Å². The number of nitrogens with zero attached hydrogens (tertiary/aromatic N) is 2. The van der Waals surface area contributed by atoms with E-state index in [4.69, 9.17) is 0 Å². The zero-order chi connectivity index (χ0) is 21.2. The van der Waals surface area contributed by atoms with Crippen molar-refractivity contribution in [2.24, 2.45) is 0 Å². The molecule has 154 valence electrons. The molecule has 0 saturated carbocycles. The molecule has 2 aromatic carbocycles. The van der Waals surface area contributed by atoms with Gasteiger partial charge in [-0.1, -0.05) is 41.2 Å². The predicted octanol–water partition coefficient (Wildman–Crippen LogP) is 2.79. The topological polar surface area (TPSA) is 88.5 Å². The van der Waals surface area contributed by atoms with E-state index < -0.39 is 15.9 Å². The molecule has 3 aromatic rings. The molecule has 0 aliphatic rings. The Hall–Kier alpha value is -2.49. The lowest BCUT2D eigenvalue weighted by atomic mass is 10.1. The van der Waals surface area contributed by atoms with E-state index in [9.17, 15) is 18.0 Å². The normalized spacial score (nSPS) is 11.9. The largest absolute Gasteiger partial charge is 0.325 e. The van der Waals surface area contributed by atoms with Gasteiger partial charge in [0.05, 0.1) is 23.0 Å². The Morgan fingerprint density at radius 1 is 1.17 bits per heavy atom. The van der Waals surface area contributed by atoms with Crippen LogP contribution in [0.25, 0.3) is 10.2 Å². The second kappa shape index (κ2) is 8.48. The molecule has 1 amide bonds. The van der Waals surface area contributed by atoms with E-state index in [1.54, 1.807) is 22.8 Å². The van der Waals surface area contributed by atoms with Gasteiger partial charge in [-0.2, -0.15) is 4.31 Å². The highest BCUT2D eigenvalue weighted by Crippen LogP contribution is 2.22. The van der Waals surface area contributed by atoms with Crippen molar-refractivity contribution in [2.75, 3.05) is 18.1 Å². The lowest BCUT2D eigenvalue weighted by Crippen LogP contribution is -2.36. The average Bonchev–Trinajstić information content (AvgIpc) is 2.96. The molecular weight excluding hydrogens is 410 g/mol. The Kier molecular flexibility index (Phi) is 6.21. The molecule has 1 aromatic heterocycles. The maximum atomic E-state index is 12.5. The minimum Gasteiger partial charge on any atom is -0.325 e. The number of anilines is 1. The molecule has 0 atom stereocenters. The molecule has 7 nitrogen and oxygen atoms in total. The van der Waals surface area contributed by atoms with E-state index in [1.807, 2.05) is 38.1 Å². The Labute approximate surface area is 173 Å². The second-order valence-corrected chi connectivity index (χ2v) is 9.84. The van der Waals surface area contributed by atoms with Crippen LogP contribution in [-0.4, -0.2) is 36.0 Å². The van der Waals surface area contributed by atoms with Crippen molar-refractivity contribution in [1.29, 1.82) is 0 Å². The van der Waals surface area contributed by atoms with E-state index in [1.165, 1.54) is 0 Å². The lowest BCUT2D eigenvalue weighted by Gasteiger charge is -2.19. The molecule has 1 heterocycles. The highest BCUT2D eigenvalue weighted by atomic mass is 32.2. The summed E-state index contributed by atoms with van der Waals surface area (Å²) in [6, 6.07) is 12.7. The van der Waals surface area contributed by atoms with Crippen molar-refractivity contribution >= 4 is 43.2 Å². The summed E-state index contributed by atoms with van der Waals surface area (Å²) in [5, 5.41) is 2.73. The lowest BCUT2D eigenvalue weighted by molar-refractivity contribution is -0.116. The number of nitrogens with one attached hydrogen (secondary N) is 1. The number of rotatable bonds is 7. The Morgan fingerprint density at radius 3 is 2.48 bits per heavy atom. The van der Waals surface area contributed by atoms with Crippen LogP contribution in [0.1, 0.15) is 18.1 Å². The monoisotopic (exact) mass is 433 g/mol.